The molecule has 7 heteroatoms. The third-order valence-electron chi connectivity index (χ3n) is 5.96. The number of carbonyl (C=O) groups excluding carboxylic acids is 2. The largest absolute Gasteiger partial charge is 0.486 e. The van der Waals surface area contributed by atoms with E-state index in [1.54, 1.807) is 11.0 Å². The Morgan fingerprint density at radius 3 is 2.55 bits per heavy atom. The van der Waals surface area contributed by atoms with Crippen LogP contribution in [-0.2, 0) is 9.59 Å². The summed E-state index contributed by atoms with van der Waals surface area (Å²) < 4.78 is 6.10. The summed E-state index contributed by atoms with van der Waals surface area (Å²) >= 11 is 0. The van der Waals surface area contributed by atoms with Crippen molar-refractivity contribution in [1.82, 2.24) is 10.2 Å². The molecule has 1 aliphatic carbocycles. The molecule has 2 aliphatic rings. The molecule has 1 aromatic carbocycles. The first kappa shape index (κ1) is 23.3. The van der Waals surface area contributed by atoms with Gasteiger partial charge in [-0.1, -0.05) is 45.9 Å². The first-order valence-electron chi connectivity index (χ1n) is 11.1. The summed E-state index contributed by atoms with van der Waals surface area (Å²) in [4.78, 5) is 27.8. The third kappa shape index (κ3) is 4.77. The van der Waals surface area contributed by atoms with Gasteiger partial charge in [0.1, 0.15) is 18.0 Å². The van der Waals surface area contributed by atoms with E-state index >= 15 is 0 Å². The number of rotatable bonds is 8. The summed E-state index contributed by atoms with van der Waals surface area (Å²) in [6.45, 7) is 8.30. The van der Waals surface area contributed by atoms with E-state index in [0.717, 1.165) is 12.0 Å². The van der Waals surface area contributed by atoms with Crippen LogP contribution in [0, 0.1) is 11.8 Å². The van der Waals surface area contributed by atoms with Crippen LogP contribution in [0.25, 0.3) is 0 Å². The second-order valence-corrected chi connectivity index (χ2v) is 9.05. The van der Waals surface area contributed by atoms with Crippen molar-refractivity contribution in [3.05, 3.63) is 41.5 Å². The van der Waals surface area contributed by atoms with Crippen molar-refractivity contribution in [2.24, 2.45) is 11.8 Å². The highest BCUT2D eigenvalue weighted by Gasteiger charge is 2.50. The van der Waals surface area contributed by atoms with Crippen molar-refractivity contribution in [3.63, 3.8) is 0 Å². The minimum atomic E-state index is -0.971. The molecule has 1 aliphatic heterocycles. The molecule has 1 aromatic rings. The molecule has 1 heterocycles. The average molecular weight is 431 g/mol. The van der Waals surface area contributed by atoms with E-state index in [4.69, 9.17) is 9.84 Å². The molecule has 3 N–H and O–H groups in total. The molecule has 0 saturated heterocycles. The quantitative estimate of drug-likeness (QED) is 0.585. The van der Waals surface area contributed by atoms with Crippen LogP contribution in [0.3, 0.4) is 0 Å². The zero-order chi connectivity index (χ0) is 22.7. The van der Waals surface area contributed by atoms with Crippen molar-refractivity contribution in [2.75, 3.05) is 19.7 Å². The molecule has 0 aromatic heterocycles. The van der Waals surface area contributed by atoms with Crippen molar-refractivity contribution in [1.29, 1.82) is 0 Å². The summed E-state index contributed by atoms with van der Waals surface area (Å²) in [5, 5.41) is 23.2. The highest BCUT2D eigenvalue weighted by Crippen LogP contribution is 2.47. The van der Waals surface area contributed by atoms with Gasteiger partial charge in [0.2, 0.25) is 11.8 Å². The van der Waals surface area contributed by atoms with E-state index in [2.05, 4.69) is 19.2 Å². The summed E-state index contributed by atoms with van der Waals surface area (Å²) in [7, 11) is 0. The SMILES string of the molecule is CC(C)CCN(C(=O)C(C)C)C1C=C(C(=O)NCCO)C2c3ccccc3OC2C1O. The van der Waals surface area contributed by atoms with Gasteiger partial charge in [-0.2, -0.15) is 0 Å². The van der Waals surface area contributed by atoms with Gasteiger partial charge in [-0.15, -0.1) is 0 Å². The second-order valence-electron chi connectivity index (χ2n) is 9.05. The maximum Gasteiger partial charge on any atom is 0.247 e. The van der Waals surface area contributed by atoms with Gasteiger partial charge >= 0.3 is 0 Å². The van der Waals surface area contributed by atoms with Crippen LogP contribution in [0.2, 0.25) is 0 Å². The fourth-order valence-electron chi connectivity index (χ4n) is 4.33. The Morgan fingerprint density at radius 2 is 1.90 bits per heavy atom. The number of amides is 2. The molecule has 7 nitrogen and oxygen atoms in total. The van der Waals surface area contributed by atoms with Crippen LogP contribution in [-0.4, -0.2) is 64.9 Å². The Labute approximate surface area is 184 Å². The van der Waals surface area contributed by atoms with E-state index < -0.39 is 24.2 Å². The number of carbonyl (C=O) groups is 2. The average Bonchev–Trinajstić information content (AvgIpc) is 3.13. The molecule has 170 valence electrons. The predicted molar refractivity (Wildman–Crippen MR) is 118 cm³/mol. The van der Waals surface area contributed by atoms with Gasteiger partial charge in [-0.25, -0.2) is 0 Å². The molecule has 4 atom stereocenters. The molecule has 31 heavy (non-hydrogen) atoms. The minimum Gasteiger partial charge on any atom is -0.486 e. The molecule has 0 radical (unpaired) electrons. The molecule has 0 spiro atoms. The van der Waals surface area contributed by atoms with Crippen molar-refractivity contribution in [2.45, 2.75) is 58.3 Å². The van der Waals surface area contributed by atoms with Crippen LogP contribution < -0.4 is 10.1 Å². The van der Waals surface area contributed by atoms with Crippen LogP contribution in [0.4, 0.5) is 0 Å². The van der Waals surface area contributed by atoms with Gasteiger partial charge < -0.3 is 25.2 Å². The fraction of sp³-hybridized carbons (Fsp3) is 0.583. The van der Waals surface area contributed by atoms with E-state index in [9.17, 15) is 14.7 Å². The Kier molecular flexibility index (Phi) is 7.38. The summed E-state index contributed by atoms with van der Waals surface area (Å²) in [6, 6.07) is 6.79. The zero-order valence-corrected chi connectivity index (χ0v) is 18.7. The van der Waals surface area contributed by atoms with Gasteiger partial charge in [-0.3, -0.25) is 9.59 Å². The van der Waals surface area contributed by atoms with Crippen molar-refractivity contribution >= 4 is 11.8 Å². The van der Waals surface area contributed by atoms with E-state index in [-0.39, 0.29) is 30.9 Å². The number of para-hydroxylation sites is 1. The lowest BCUT2D eigenvalue weighted by Crippen LogP contribution is -2.56. The zero-order valence-electron chi connectivity index (χ0n) is 18.7. The van der Waals surface area contributed by atoms with Crippen molar-refractivity contribution < 1.29 is 24.5 Å². The molecule has 0 bridgehead atoms. The normalized spacial score (nSPS) is 24.3. The number of nitrogens with zero attached hydrogens (tertiary/aromatic N) is 1. The first-order chi connectivity index (χ1) is 14.8. The topological polar surface area (TPSA) is 99.1 Å². The second kappa shape index (κ2) is 9.83. The Morgan fingerprint density at radius 1 is 1.19 bits per heavy atom. The standard InChI is InChI=1S/C24H34N2O5/c1-14(2)9-11-26(24(30)15(3)4)18-13-17(23(29)25-10-12-27)20-16-7-5-6-8-19(16)31-22(20)21(18)28/h5-8,13-15,18,20-22,27-28H,9-12H2,1-4H3,(H,25,29). The lowest BCUT2D eigenvalue weighted by molar-refractivity contribution is -0.140. The molecular formula is C24H34N2O5. The number of benzene rings is 1. The molecular weight excluding hydrogens is 396 g/mol. The number of aliphatic hydroxyl groups is 2. The number of hydrogen-bond donors (Lipinski definition) is 3. The minimum absolute atomic E-state index is 0.0648. The molecule has 0 saturated carbocycles. The number of aliphatic hydroxyl groups excluding tert-OH is 2. The van der Waals surface area contributed by atoms with Crippen LogP contribution >= 0.6 is 0 Å². The molecule has 3 rings (SSSR count). The summed E-state index contributed by atoms with van der Waals surface area (Å²) in [5.41, 5.74) is 1.31. The van der Waals surface area contributed by atoms with Gasteiger partial charge in [0, 0.05) is 30.1 Å². The van der Waals surface area contributed by atoms with Gasteiger partial charge in [0.15, 0.2) is 0 Å². The van der Waals surface area contributed by atoms with E-state index in [1.807, 2.05) is 38.1 Å². The maximum atomic E-state index is 13.1. The molecule has 0 fully saturated rings. The van der Waals surface area contributed by atoms with E-state index in [1.165, 1.54) is 0 Å². The Balaban J connectivity index is 2.03. The maximum absolute atomic E-state index is 13.1. The summed E-state index contributed by atoms with van der Waals surface area (Å²) in [6.07, 6.45) is 0.881. The van der Waals surface area contributed by atoms with Crippen molar-refractivity contribution in [3.8, 4) is 5.75 Å². The molecule has 2 amide bonds. The van der Waals surface area contributed by atoms with Gasteiger partial charge in [0.25, 0.3) is 0 Å². The smallest absolute Gasteiger partial charge is 0.247 e. The fourth-order valence-corrected chi connectivity index (χ4v) is 4.33. The predicted octanol–water partition coefficient (Wildman–Crippen LogP) is 1.84. The number of fused-ring (bicyclic) bond motifs is 3. The lowest BCUT2D eigenvalue weighted by atomic mass is 9.77. The number of ether oxygens (including phenoxy) is 1. The highest BCUT2D eigenvalue weighted by molar-refractivity contribution is 5.96. The first-order valence-corrected chi connectivity index (χ1v) is 11.1. The monoisotopic (exact) mass is 430 g/mol. The summed E-state index contributed by atoms with van der Waals surface area (Å²) in [5.74, 6) is -0.0191. The third-order valence-corrected chi connectivity index (χ3v) is 5.96. The van der Waals surface area contributed by atoms with Crippen LogP contribution in [0.15, 0.2) is 35.9 Å². The Hall–Kier alpha value is -2.38. The number of nitrogens with one attached hydrogen (secondary N) is 1. The highest BCUT2D eigenvalue weighted by atomic mass is 16.5. The van der Waals surface area contributed by atoms with E-state index in [0.29, 0.717) is 23.8 Å². The lowest BCUT2D eigenvalue weighted by Gasteiger charge is -2.41. The number of hydrogen-bond acceptors (Lipinski definition) is 5. The van der Waals surface area contributed by atoms with Crippen LogP contribution in [0.5, 0.6) is 5.75 Å². The van der Waals surface area contributed by atoms with Gasteiger partial charge in [0.05, 0.1) is 18.6 Å². The van der Waals surface area contributed by atoms with Gasteiger partial charge in [-0.05, 0) is 24.5 Å². The Bertz CT molecular complexity index is 835. The van der Waals surface area contributed by atoms with Crippen LogP contribution in [0.1, 0.15) is 45.6 Å². The molecule has 4 unspecified atom stereocenters.